The maximum atomic E-state index is 10.2. The van der Waals surface area contributed by atoms with E-state index < -0.39 is 6.10 Å². The SMILES string of the molecule is CCCCCCC(O)c1ccccc1OC(C)C. The Kier molecular flexibility index (Phi) is 6.81. The minimum atomic E-state index is -0.406. The smallest absolute Gasteiger partial charge is 0.125 e. The number of aliphatic hydroxyl groups is 1. The van der Waals surface area contributed by atoms with Gasteiger partial charge in [0.2, 0.25) is 0 Å². The molecule has 1 aromatic rings. The quantitative estimate of drug-likeness (QED) is 0.689. The number of benzene rings is 1. The summed E-state index contributed by atoms with van der Waals surface area (Å²) in [5.41, 5.74) is 0.919. The zero-order valence-electron chi connectivity index (χ0n) is 11.9. The summed E-state index contributed by atoms with van der Waals surface area (Å²) in [7, 11) is 0. The van der Waals surface area contributed by atoms with Gasteiger partial charge in [0.05, 0.1) is 12.2 Å². The van der Waals surface area contributed by atoms with Gasteiger partial charge in [-0.2, -0.15) is 0 Å². The van der Waals surface area contributed by atoms with Crippen molar-refractivity contribution in [2.45, 2.75) is 65.1 Å². The van der Waals surface area contributed by atoms with Gasteiger partial charge >= 0.3 is 0 Å². The number of rotatable bonds is 8. The fourth-order valence-corrected chi connectivity index (χ4v) is 2.04. The van der Waals surface area contributed by atoms with Gasteiger partial charge in [0.25, 0.3) is 0 Å². The van der Waals surface area contributed by atoms with Crippen molar-refractivity contribution in [1.29, 1.82) is 0 Å². The number of hydrogen-bond acceptors (Lipinski definition) is 2. The van der Waals surface area contributed by atoms with Crippen LogP contribution in [0.25, 0.3) is 0 Å². The van der Waals surface area contributed by atoms with Gasteiger partial charge in [0.15, 0.2) is 0 Å². The van der Waals surface area contributed by atoms with Crippen LogP contribution in [0.3, 0.4) is 0 Å². The molecule has 102 valence electrons. The van der Waals surface area contributed by atoms with Gasteiger partial charge in [-0.1, -0.05) is 50.8 Å². The van der Waals surface area contributed by atoms with Crippen LogP contribution in [-0.2, 0) is 0 Å². The van der Waals surface area contributed by atoms with E-state index >= 15 is 0 Å². The second kappa shape index (κ2) is 8.15. The van der Waals surface area contributed by atoms with Gasteiger partial charge in [-0.3, -0.25) is 0 Å². The highest BCUT2D eigenvalue weighted by molar-refractivity contribution is 5.35. The number of hydrogen-bond donors (Lipinski definition) is 1. The van der Waals surface area contributed by atoms with Crippen molar-refractivity contribution in [2.24, 2.45) is 0 Å². The monoisotopic (exact) mass is 250 g/mol. The first-order valence-corrected chi connectivity index (χ1v) is 7.08. The van der Waals surface area contributed by atoms with Crippen molar-refractivity contribution in [3.05, 3.63) is 29.8 Å². The van der Waals surface area contributed by atoms with E-state index in [0.717, 1.165) is 24.2 Å². The predicted molar refractivity (Wildman–Crippen MR) is 75.9 cm³/mol. The topological polar surface area (TPSA) is 29.5 Å². The van der Waals surface area contributed by atoms with Gasteiger partial charge < -0.3 is 9.84 Å². The zero-order chi connectivity index (χ0) is 13.4. The third-order valence-corrected chi connectivity index (χ3v) is 2.97. The van der Waals surface area contributed by atoms with Crippen molar-refractivity contribution in [3.8, 4) is 5.75 Å². The Balaban J connectivity index is 2.57. The molecule has 2 nitrogen and oxygen atoms in total. The van der Waals surface area contributed by atoms with Crippen LogP contribution in [0.2, 0.25) is 0 Å². The third-order valence-electron chi connectivity index (χ3n) is 2.97. The molecule has 0 aliphatic carbocycles. The normalized spacial score (nSPS) is 12.7. The first-order valence-electron chi connectivity index (χ1n) is 7.08. The molecular weight excluding hydrogens is 224 g/mol. The molecule has 0 fully saturated rings. The van der Waals surface area contributed by atoms with Crippen molar-refractivity contribution in [2.75, 3.05) is 0 Å². The molecule has 0 heterocycles. The molecule has 1 unspecified atom stereocenters. The molecular formula is C16H26O2. The molecule has 0 radical (unpaired) electrons. The van der Waals surface area contributed by atoms with Crippen LogP contribution in [0, 0.1) is 0 Å². The maximum Gasteiger partial charge on any atom is 0.125 e. The Bertz CT molecular complexity index is 334. The Labute approximate surface area is 111 Å². The van der Waals surface area contributed by atoms with Crippen LogP contribution >= 0.6 is 0 Å². The fourth-order valence-electron chi connectivity index (χ4n) is 2.04. The van der Waals surface area contributed by atoms with E-state index in [-0.39, 0.29) is 6.10 Å². The summed E-state index contributed by atoms with van der Waals surface area (Å²) in [6.45, 7) is 6.21. The number of aliphatic hydroxyl groups excluding tert-OH is 1. The minimum absolute atomic E-state index is 0.137. The first-order chi connectivity index (χ1) is 8.65. The predicted octanol–water partition coefficient (Wildman–Crippen LogP) is 4.48. The van der Waals surface area contributed by atoms with Gasteiger partial charge in [0.1, 0.15) is 5.75 Å². The molecule has 0 aliphatic rings. The number of unbranched alkanes of at least 4 members (excludes halogenated alkanes) is 3. The molecule has 0 saturated heterocycles. The van der Waals surface area contributed by atoms with E-state index in [1.807, 2.05) is 38.1 Å². The van der Waals surface area contributed by atoms with E-state index in [1.54, 1.807) is 0 Å². The average Bonchev–Trinajstić information content (AvgIpc) is 2.34. The van der Waals surface area contributed by atoms with Crippen LogP contribution in [0.1, 0.15) is 64.5 Å². The summed E-state index contributed by atoms with van der Waals surface area (Å²) in [4.78, 5) is 0. The van der Waals surface area contributed by atoms with Crippen molar-refractivity contribution < 1.29 is 9.84 Å². The lowest BCUT2D eigenvalue weighted by molar-refractivity contribution is 0.153. The molecule has 1 atom stereocenters. The molecule has 1 N–H and O–H groups in total. The summed E-state index contributed by atoms with van der Waals surface area (Å²) in [6, 6.07) is 7.80. The van der Waals surface area contributed by atoms with Gasteiger partial charge in [0, 0.05) is 5.56 Å². The second-order valence-corrected chi connectivity index (χ2v) is 5.07. The van der Waals surface area contributed by atoms with Crippen LogP contribution in [0.4, 0.5) is 0 Å². The van der Waals surface area contributed by atoms with Crippen LogP contribution in [0.15, 0.2) is 24.3 Å². The van der Waals surface area contributed by atoms with E-state index in [4.69, 9.17) is 4.74 Å². The minimum Gasteiger partial charge on any atom is -0.491 e. The fraction of sp³-hybridized carbons (Fsp3) is 0.625. The van der Waals surface area contributed by atoms with Gasteiger partial charge in [-0.25, -0.2) is 0 Å². The van der Waals surface area contributed by atoms with E-state index in [0.29, 0.717) is 0 Å². The second-order valence-electron chi connectivity index (χ2n) is 5.07. The highest BCUT2D eigenvalue weighted by Crippen LogP contribution is 2.29. The largest absolute Gasteiger partial charge is 0.491 e. The Morgan fingerprint density at radius 1 is 1.11 bits per heavy atom. The molecule has 0 aliphatic heterocycles. The Morgan fingerprint density at radius 2 is 1.83 bits per heavy atom. The van der Waals surface area contributed by atoms with Crippen LogP contribution in [0.5, 0.6) is 5.75 Å². The molecule has 2 heteroatoms. The molecule has 0 bridgehead atoms. The molecule has 0 saturated carbocycles. The molecule has 18 heavy (non-hydrogen) atoms. The van der Waals surface area contributed by atoms with Crippen LogP contribution < -0.4 is 4.74 Å². The third kappa shape index (κ3) is 5.09. The van der Waals surface area contributed by atoms with Crippen molar-refractivity contribution >= 4 is 0 Å². The summed E-state index contributed by atoms with van der Waals surface area (Å²) in [5.74, 6) is 0.815. The van der Waals surface area contributed by atoms with Gasteiger partial charge in [-0.05, 0) is 26.3 Å². The van der Waals surface area contributed by atoms with E-state index in [9.17, 15) is 5.11 Å². The molecule has 0 aromatic heterocycles. The number of ether oxygens (including phenoxy) is 1. The Morgan fingerprint density at radius 3 is 2.50 bits per heavy atom. The zero-order valence-corrected chi connectivity index (χ0v) is 11.9. The van der Waals surface area contributed by atoms with E-state index in [2.05, 4.69) is 6.92 Å². The van der Waals surface area contributed by atoms with Crippen LogP contribution in [-0.4, -0.2) is 11.2 Å². The van der Waals surface area contributed by atoms with Crippen molar-refractivity contribution in [3.63, 3.8) is 0 Å². The molecule has 0 spiro atoms. The highest BCUT2D eigenvalue weighted by Gasteiger charge is 2.13. The lowest BCUT2D eigenvalue weighted by Crippen LogP contribution is -2.09. The molecule has 0 amide bonds. The summed E-state index contributed by atoms with van der Waals surface area (Å²) in [6.07, 6.45) is 5.29. The first kappa shape index (κ1) is 15.0. The lowest BCUT2D eigenvalue weighted by atomic mass is 10.0. The average molecular weight is 250 g/mol. The van der Waals surface area contributed by atoms with E-state index in [1.165, 1.54) is 19.3 Å². The summed E-state index contributed by atoms with van der Waals surface area (Å²) < 4.78 is 5.73. The molecule has 1 rings (SSSR count). The van der Waals surface area contributed by atoms with Crippen molar-refractivity contribution in [1.82, 2.24) is 0 Å². The summed E-state index contributed by atoms with van der Waals surface area (Å²) in [5, 5.41) is 10.2. The standard InChI is InChI=1S/C16H26O2/c1-4-5-6-7-11-15(17)14-10-8-9-12-16(14)18-13(2)3/h8-10,12-13,15,17H,4-7,11H2,1-3H3. The Hall–Kier alpha value is -1.02. The summed E-state index contributed by atoms with van der Waals surface area (Å²) >= 11 is 0. The number of para-hydroxylation sites is 1. The van der Waals surface area contributed by atoms with Gasteiger partial charge in [-0.15, -0.1) is 0 Å². The maximum absolute atomic E-state index is 10.2. The molecule has 1 aromatic carbocycles. The lowest BCUT2D eigenvalue weighted by Gasteiger charge is -2.18. The highest BCUT2D eigenvalue weighted by atomic mass is 16.5.